The normalized spacial score (nSPS) is 16.9. The van der Waals surface area contributed by atoms with Gasteiger partial charge in [0.15, 0.2) is 5.65 Å². The summed E-state index contributed by atoms with van der Waals surface area (Å²) in [6, 6.07) is 9.82. The van der Waals surface area contributed by atoms with Crippen molar-refractivity contribution in [3.05, 3.63) is 35.9 Å². The Hall–Kier alpha value is -3.50. The van der Waals surface area contributed by atoms with Gasteiger partial charge in [-0.3, -0.25) is 4.79 Å². The van der Waals surface area contributed by atoms with Gasteiger partial charge in [0.1, 0.15) is 11.6 Å². The minimum atomic E-state index is -0.121. The summed E-state index contributed by atoms with van der Waals surface area (Å²) in [4.78, 5) is 30.4. The number of ether oxygens (including phenoxy) is 2. The molecule has 2 fully saturated rings. The Morgan fingerprint density at radius 3 is 2.58 bits per heavy atom. The van der Waals surface area contributed by atoms with Crippen molar-refractivity contribution in [2.24, 2.45) is 0 Å². The van der Waals surface area contributed by atoms with E-state index in [1.165, 1.54) is 0 Å². The van der Waals surface area contributed by atoms with Gasteiger partial charge < -0.3 is 29.7 Å². The number of aliphatic hydroxyl groups excluding tert-OH is 1. The smallest absolute Gasteiger partial charge is 0.226 e. The van der Waals surface area contributed by atoms with Crippen molar-refractivity contribution in [1.82, 2.24) is 19.9 Å². The SMILES string of the molecule is COc1ccc(-c2ccc3c(N4CCOCC4)nc(NC4CCN(C(C)=O)CC4)nc3n2)cc1CO. The number of morpholine rings is 1. The molecule has 0 bridgehead atoms. The molecule has 2 aliphatic rings. The number of aliphatic hydroxyl groups is 1. The molecule has 1 amide bonds. The van der Waals surface area contributed by atoms with E-state index < -0.39 is 0 Å². The Bertz CT molecular complexity index is 1240. The summed E-state index contributed by atoms with van der Waals surface area (Å²) in [5.41, 5.74) is 2.94. The summed E-state index contributed by atoms with van der Waals surface area (Å²) in [5, 5.41) is 14.1. The van der Waals surface area contributed by atoms with E-state index in [1.54, 1.807) is 14.0 Å². The van der Waals surface area contributed by atoms with Crippen LogP contribution in [0.1, 0.15) is 25.3 Å². The van der Waals surface area contributed by atoms with Crippen LogP contribution in [0, 0.1) is 0 Å². The molecule has 0 radical (unpaired) electrons. The average molecular weight is 493 g/mol. The molecule has 2 aromatic heterocycles. The predicted octanol–water partition coefficient (Wildman–Crippen LogP) is 2.45. The largest absolute Gasteiger partial charge is 0.496 e. The van der Waals surface area contributed by atoms with E-state index in [4.69, 9.17) is 24.4 Å². The molecule has 2 N–H and O–H groups in total. The summed E-state index contributed by atoms with van der Waals surface area (Å²) in [7, 11) is 1.59. The number of hydrogen-bond acceptors (Lipinski definition) is 9. The number of anilines is 2. The molecule has 1 aromatic carbocycles. The van der Waals surface area contributed by atoms with Gasteiger partial charge in [0.2, 0.25) is 11.9 Å². The lowest BCUT2D eigenvalue weighted by atomic mass is 10.1. The fourth-order valence-corrected chi connectivity index (χ4v) is 4.82. The molecule has 2 saturated heterocycles. The van der Waals surface area contributed by atoms with Gasteiger partial charge in [0.25, 0.3) is 0 Å². The predicted molar refractivity (Wildman–Crippen MR) is 137 cm³/mol. The van der Waals surface area contributed by atoms with Crippen LogP contribution < -0.4 is 15.0 Å². The Morgan fingerprint density at radius 1 is 1.11 bits per heavy atom. The van der Waals surface area contributed by atoms with Crippen molar-refractivity contribution in [2.75, 3.05) is 56.7 Å². The van der Waals surface area contributed by atoms with E-state index in [9.17, 15) is 9.90 Å². The highest BCUT2D eigenvalue weighted by Gasteiger charge is 2.23. The van der Waals surface area contributed by atoms with Gasteiger partial charge in [-0.1, -0.05) is 0 Å². The highest BCUT2D eigenvalue weighted by molar-refractivity contribution is 5.90. The molecular weight excluding hydrogens is 460 g/mol. The molecule has 10 heteroatoms. The van der Waals surface area contributed by atoms with Crippen LogP contribution in [0.2, 0.25) is 0 Å². The van der Waals surface area contributed by atoms with Crippen molar-refractivity contribution in [2.45, 2.75) is 32.4 Å². The van der Waals surface area contributed by atoms with Crippen LogP contribution >= 0.6 is 0 Å². The topological polar surface area (TPSA) is 113 Å². The highest BCUT2D eigenvalue weighted by atomic mass is 16.5. The second kappa shape index (κ2) is 10.6. The van der Waals surface area contributed by atoms with Crippen LogP contribution in [-0.4, -0.2) is 83.4 Å². The Morgan fingerprint density at radius 2 is 1.89 bits per heavy atom. The lowest BCUT2D eigenvalue weighted by Gasteiger charge is -2.32. The Labute approximate surface area is 210 Å². The number of methoxy groups -OCH3 is 1. The van der Waals surface area contributed by atoms with Crippen molar-refractivity contribution < 1.29 is 19.4 Å². The number of nitrogens with zero attached hydrogens (tertiary/aromatic N) is 5. The molecule has 0 atom stereocenters. The molecule has 36 heavy (non-hydrogen) atoms. The average Bonchev–Trinajstić information content (AvgIpc) is 2.92. The summed E-state index contributed by atoms with van der Waals surface area (Å²) < 4.78 is 10.9. The number of pyridine rings is 1. The number of aromatic nitrogens is 3. The second-order valence-corrected chi connectivity index (χ2v) is 9.15. The zero-order chi connectivity index (χ0) is 25.1. The van der Waals surface area contributed by atoms with E-state index in [-0.39, 0.29) is 18.6 Å². The highest BCUT2D eigenvalue weighted by Crippen LogP contribution is 2.30. The number of fused-ring (bicyclic) bond motifs is 1. The van der Waals surface area contributed by atoms with Gasteiger partial charge in [-0.25, -0.2) is 4.98 Å². The number of carbonyl (C=O) groups is 1. The molecule has 0 aliphatic carbocycles. The first-order chi connectivity index (χ1) is 17.6. The molecule has 4 heterocycles. The minimum absolute atomic E-state index is 0.115. The minimum Gasteiger partial charge on any atom is -0.496 e. The number of piperidine rings is 1. The lowest BCUT2D eigenvalue weighted by Crippen LogP contribution is -2.41. The third-order valence-corrected chi connectivity index (χ3v) is 6.87. The molecule has 3 aromatic rings. The first-order valence-electron chi connectivity index (χ1n) is 12.4. The third-order valence-electron chi connectivity index (χ3n) is 6.87. The molecule has 0 saturated carbocycles. The monoisotopic (exact) mass is 492 g/mol. The number of nitrogens with one attached hydrogen (secondary N) is 1. The van der Waals surface area contributed by atoms with Gasteiger partial charge in [-0.05, 0) is 43.2 Å². The lowest BCUT2D eigenvalue weighted by molar-refractivity contribution is -0.129. The van der Waals surface area contributed by atoms with Gasteiger partial charge in [0, 0.05) is 50.3 Å². The van der Waals surface area contributed by atoms with E-state index >= 15 is 0 Å². The Kier molecular flexibility index (Phi) is 7.15. The maximum Gasteiger partial charge on any atom is 0.226 e. The first-order valence-corrected chi connectivity index (χ1v) is 12.4. The van der Waals surface area contributed by atoms with Gasteiger partial charge >= 0.3 is 0 Å². The fourth-order valence-electron chi connectivity index (χ4n) is 4.82. The standard InChI is InChI=1S/C26H32N6O4/c1-17(34)31-9-7-20(8-10-31)27-26-29-24-21(25(30-26)32-11-13-36-14-12-32)4-5-22(28-24)18-3-6-23(35-2)19(15-18)16-33/h3-6,15,20,33H,7-14,16H2,1-2H3,(H,27,28,29,30). The number of amides is 1. The number of hydrogen-bond donors (Lipinski definition) is 2. The molecule has 190 valence electrons. The molecular formula is C26H32N6O4. The van der Waals surface area contributed by atoms with Gasteiger partial charge in [-0.15, -0.1) is 0 Å². The number of carbonyl (C=O) groups excluding carboxylic acids is 1. The first kappa shape index (κ1) is 24.2. The maximum absolute atomic E-state index is 11.7. The van der Waals surface area contributed by atoms with E-state index in [1.807, 2.05) is 35.2 Å². The fraction of sp³-hybridized carbons (Fsp3) is 0.462. The number of likely N-dealkylation sites (tertiary alicyclic amines) is 1. The number of benzene rings is 1. The van der Waals surface area contributed by atoms with Crippen LogP contribution in [0.3, 0.4) is 0 Å². The molecule has 0 spiro atoms. The van der Waals surface area contributed by atoms with Crippen molar-refractivity contribution in [1.29, 1.82) is 0 Å². The summed E-state index contributed by atoms with van der Waals surface area (Å²) >= 11 is 0. The molecule has 10 nitrogen and oxygen atoms in total. The van der Waals surface area contributed by atoms with Crippen molar-refractivity contribution in [3.8, 4) is 17.0 Å². The van der Waals surface area contributed by atoms with Crippen LogP contribution in [0.5, 0.6) is 5.75 Å². The van der Waals surface area contributed by atoms with Crippen LogP contribution in [0.15, 0.2) is 30.3 Å². The molecule has 0 unspecified atom stereocenters. The third kappa shape index (κ3) is 5.05. The van der Waals surface area contributed by atoms with E-state index in [2.05, 4.69) is 10.2 Å². The summed E-state index contributed by atoms with van der Waals surface area (Å²) in [6.07, 6.45) is 1.69. The van der Waals surface area contributed by atoms with Crippen LogP contribution in [0.25, 0.3) is 22.3 Å². The van der Waals surface area contributed by atoms with Gasteiger partial charge in [-0.2, -0.15) is 9.97 Å². The van der Waals surface area contributed by atoms with Crippen molar-refractivity contribution in [3.63, 3.8) is 0 Å². The molecule has 2 aliphatic heterocycles. The van der Waals surface area contributed by atoms with E-state index in [0.717, 1.165) is 61.5 Å². The zero-order valence-corrected chi connectivity index (χ0v) is 20.7. The molecule has 5 rings (SSSR count). The maximum atomic E-state index is 11.7. The van der Waals surface area contributed by atoms with Crippen molar-refractivity contribution >= 4 is 28.7 Å². The Balaban J connectivity index is 1.50. The quantitative estimate of drug-likeness (QED) is 0.536. The van der Waals surface area contributed by atoms with Crippen LogP contribution in [-0.2, 0) is 16.1 Å². The number of rotatable bonds is 6. The van der Waals surface area contributed by atoms with Crippen LogP contribution in [0.4, 0.5) is 11.8 Å². The van der Waals surface area contributed by atoms with Gasteiger partial charge in [0.05, 0.1) is 38.0 Å². The van der Waals surface area contributed by atoms with E-state index in [0.29, 0.717) is 36.1 Å². The second-order valence-electron chi connectivity index (χ2n) is 9.15. The summed E-state index contributed by atoms with van der Waals surface area (Å²) in [6.45, 7) is 5.76. The summed E-state index contributed by atoms with van der Waals surface area (Å²) in [5.74, 6) is 2.14. The zero-order valence-electron chi connectivity index (χ0n) is 20.7.